The van der Waals surface area contributed by atoms with E-state index >= 15 is 0 Å². The molecule has 2 fully saturated rings. The van der Waals surface area contributed by atoms with Crippen molar-refractivity contribution < 1.29 is 9.47 Å². The lowest BCUT2D eigenvalue weighted by Gasteiger charge is -2.30. The van der Waals surface area contributed by atoms with Gasteiger partial charge in [-0.15, -0.1) is 0 Å². The van der Waals surface area contributed by atoms with Crippen LogP contribution in [0, 0.1) is 0 Å². The summed E-state index contributed by atoms with van der Waals surface area (Å²) in [6.07, 6.45) is 6.12. The summed E-state index contributed by atoms with van der Waals surface area (Å²) in [5.41, 5.74) is 7.54. The van der Waals surface area contributed by atoms with Gasteiger partial charge in [-0.25, -0.2) is 0 Å². The quantitative estimate of drug-likeness (QED) is 0.906. The van der Waals surface area contributed by atoms with Gasteiger partial charge in [0.15, 0.2) is 0 Å². The van der Waals surface area contributed by atoms with Gasteiger partial charge in [-0.05, 0) is 18.9 Å². The molecule has 2 N–H and O–H groups in total. The maximum Gasteiger partial charge on any atom is 0.124 e. The van der Waals surface area contributed by atoms with Crippen molar-refractivity contribution in [2.75, 3.05) is 19.8 Å². The summed E-state index contributed by atoms with van der Waals surface area (Å²) in [7, 11) is 0. The van der Waals surface area contributed by atoms with Gasteiger partial charge in [0.1, 0.15) is 11.9 Å². The largest absolute Gasteiger partial charge is 0.488 e. The van der Waals surface area contributed by atoms with E-state index < -0.39 is 0 Å². The lowest BCUT2D eigenvalue weighted by Crippen LogP contribution is -2.33. The molecule has 104 valence electrons. The number of hydrogen-bond acceptors (Lipinski definition) is 3. The Kier molecular flexibility index (Phi) is 3.76. The van der Waals surface area contributed by atoms with Gasteiger partial charge in [0.05, 0.1) is 13.2 Å². The van der Waals surface area contributed by atoms with E-state index in [4.69, 9.17) is 15.2 Å². The van der Waals surface area contributed by atoms with Crippen molar-refractivity contribution in [1.82, 2.24) is 0 Å². The van der Waals surface area contributed by atoms with Crippen LogP contribution in [0.3, 0.4) is 0 Å². The molecular weight excluding hydrogens is 238 g/mol. The monoisotopic (exact) mass is 261 g/mol. The molecule has 1 aliphatic carbocycles. The fourth-order valence-corrected chi connectivity index (χ4v) is 3.43. The lowest BCUT2D eigenvalue weighted by atomic mass is 9.78. The highest BCUT2D eigenvalue weighted by Gasteiger charge is 2.36. The Morgan fingerprint density at radius 2 is 2.05 bits per heavy atom. The van der Waals surface area contributed by atoms with Crippen LogP contribution in [0.25, 0.3) is 0 Å². The Morgan fingerprint density at radius 3 is 2.74 bits per heavy atom. The minimum Gasteiger partial charge on any atom is -0.488 e. The zero-order chi connectivity index (χ0) is 13.1. The van der Waals surface area contributed by atoms with Crippen molar-refractivity contribution in [3.8, 4) is 5.75 Å². The number of benzene rings is 1. The molecule has 0 radical (unpaired) electrons. The van der Waals surface area contributed by atoms with Crippen LogP contribution >= 0.6 is 0 Å². The van der Waals surface area contributed by atoms with Crippen LogP contribution in [0.2, 0.25) is 0 Å². The van der Waals surface area contributed by atoms with Crippen LogP contribution < -0.4 is 10.5 Å². The molecule has 0 amide bonds. The van der Waals surface area contributed by atoms with Gasteiger partial charge in [0.2, 0.25) is 0 Å². The summed E-state index contributed by atoms with van der Waals surface area (Å²) in [5.74, 6) is 1.02. The van der Waals surface area contributed by atoms with Gasteiger partial charge in [0, 0.05) is 23.9 Å². The molecule has 3 rings (SSSR count). The van der Waals surface area contributed by atoms with Gasteiger partial charge in [-0.1, -0.05) is 31.0 Å². The van der Waals surface area contributed by atoms with Crippen LogP contribution in [0.5, 0.6) is 5.75 Å². The van der Waals surface area contributed by atoms with Crippen molar-refractivity contribution in [1.29, 1.82) is 0 Å². The van der Waals surface area contributed by atoms with E-state index in [0.29, 0.717) is 13.2 Å². The molecule has 1 aliphatic heterocycles. The molecule has 1 aromatic rings. The molecule has 1 saturated heterocycles. The van der Waals surface area contributed by atoms with Gasteiger partial charge in [-0.2, -0.15) is 0 Å². The maximum atomic E-state index is 6.17. The molecule has 0 bridgehead atoms. The summed E-state index contributed by atoms with van der Waals surface area (Å²) < 4.78 is 11.6. The van der Waals surface area contributed by atoms with Gasteiger partial charge >= 0.3 is 0 Å². The molecule has 1 saturated carbocycles. The fraction of sp³-hybridized carbons (Fsp3) is 0.625. The van der Waals surface area contributed by atoms with Crippen LogP contribution in [0.4, 0.5) is 0 Å². The van der Waals surface area contributed by atoms with Gasteiger partial charge in [0.25, 0.3) is 0 Å². The zero-order valence-corrected chi connectivity index (χ0v) is 11.4. The number of ether oxygens (including phenoxy) is 2. The Balaban J connectivity index is 1.87. The Bertz CT molecular complexity index is 421. The zero-order valence-electron chi connectivity index (χ0n) is 11.4. The highest BCUT2D eigenvalue weighted by molar-refractivity contribution is 5.41. The van der Waals surface area contributed by atoms with E-state index in [-0.39, 0.29) is 11.5 Å². The van der Waals surface area contributed by atoms with Gasteiger partial charge in [-0.3, -0.25) is 0 Å². The first-order chi connectivity index (χ1) is 9.34. The lowest BCUT2D eigenvalue weighted by molar-refractivity contribution is 0.139. The minimum absolute atomic E-state index is 0.135. The normalized spacial score (nSPS) is 25.6. The molecule has 1 atom stereocenters. The van der Waals surface area contributed by atoms with E-state index in [2.05, 4.69) is 18.2 Å². The first-order valence-corrected chi connectivity index (χ1v) is 7.38. The third-order valence-electron chi connectivity index (χ3n) is 4.59. The molecule has 19 heavy (non-hydrogen) atoms. The number of hydrogen-bond donors (Lipinski definition) is 1. The summed E-state index contributed by atoms with van der Waals surface area (Å²) >= 11 is 0. The molecule has 1 heterocycles. The smallest absolute Gasteiger partial charge is 0.124 e. The number of para-hydroxylation sites is 1. The number of nitrogens with two attached hydrogens (primary N) is 1. The summed E-state index contributed by atoms with van der Waals surface area (Å²) in [5, 5.41) is 0. The van der Waals surface area contributed by atoms with Gasteiger partial charge < -0.3 is 15.2 Å². The van der Waals surface area contributed by atoms with Crippen LogP contribution in [0.1, 0.15) is 37.7 Å². The van der Waals surface area contributed by atoms with Crippen LogP contribution in [0.15, 0.2) is 24.3 Å². The average Bonchev–Trinajstić information content (AvgIpc) is 3.11. The highest BCUT2D eigenvalue weighted by atomic mass is 16.5. The Morgan fingerprint density at radius 1 is 1.26 bits per heavy atom. The molecule has 0 spiro atoms. The Labute approximate surface area is 115 Å². The van der Waals surface area contributed by atoms with Crippen LogP contribution in [-0.2, 0) is 10.2 Å². The molecule has 3 nitrogen and oxygen atoms in total. The van der Waals surface area contributed by atoms with E-state index in [0.717, 1.165) is 18.8 Å². The van der Waals surface area contributed by atoms with Crippen LogP contribution in [-0.4, -0.2) is 25.9 Å². The fourth-order valence-electron chi connectivity index (χ4n) is 3.43. The van der Waals surface area contributed by atoms with Crippen molar-refractivity contribution >= 4 is 0 Å². The van der Waals surface area contributed by atoms with Crippen molar-refractivity contribution in [3.05, 3.63) is 29.8 Å². The van der Waals surface area contributed by atoms with E-state index in [1.54, 1.807) is 0 Å². The van der Waals surface area contributed by atoms with E-state index in [1.165, 1.54) is 31.2 Å². The van der Waals surface area contributed by atoms with Crippen molar-refractivity contribution in [2.24, 2.45) is 5.73 Å². The molecule has 1 aromatic carbocycles. The minimum atomic E-state index is 0.135. The second kappa shape index (κ2) is 5.51. The SMILES string of the molecule is NCC1(c2ccccc2OC2CCOC2)CCCC1. The Hall–Kier alpha value is -1.06. The van der Waals surface area contributed by atoms with Crippen molar-refractivity contribution in [2.45, 2.75) is 43.6 Å². The second-order valence-corrected chi connectivity index (χ2v) is 5.79. The molecule has 1 unspecified atom stereocenters. The topological polar surface area (TPSA) is 44.5 Å². The third kappa shape index (κ3) is 2.49. The third-order valence-corrected chi connectivity index (χ3v) is 4.59. The first-order valence-electron chi connectivity index (χ1n) is 7.38. The summed E-state index contributed by atoms with van der Waals surface area (Å²) in [4.78, 5) is 0. The molecule has 3 heteroatoms. The number of rotatable bonds is 4. The maximum absolute atomic E-state index is 6.17. The molecule has 2 aliphatic rings. The first kappa shape index (κ1) is 12.9. The standard InChI is InChI=1S/C16H23NO2/c17-12-16(8-3-4-9-16)14-5-1-2-6-15(14)19-13-7-10-18-11-13/h1-2,5-6,13H,3-4,7-12,17H2. The predicted octanol–water partition coefficient (Wildman–Crippen LogP) is 2.62. The highest BCUT2D eigenvalue weighted by Crippen LogP contribution is 2.44. The summed E-state index contributed by atoms with van der Waals surface area (Å²) in [6, 6.07) is 8.43. The van der Waals surface area contributed by atoms with Crippen molar-refractivity contribution in [3.63, 3.8) is 0 Å². The second-order valence-electron chi connectivity index (χ2n) is 5.79. The molecule has 0 aromatic heterocycles. The predicted molar refractivity (Wildman–Crippen MR) is 75.5 cm³/mol. The average molecular weight is 261 g/mol. The van der Waals surface area contributed by atoms with E-state index in [1.807, 2.05) is 6.07 Å². The van der Waals surface area contributed by atoms with E-state index in [9.17, 15) is 0 Å². The molecular formula is C16H23NO2. The summed E-state index contributed by atoms with van der Waals surface area (Å²) in [6.45, 7) is 2.24.